The number of aryl methyl sites for hydroxylation is 2. The predicted molar refractivity (Wildman–Crippen MR) is 155 cm³/mol. The molecule has 2 aromatic carbocycles. The van der Waals surface area contributed by atoms with E-state index in [1.54, 1.807) is 0 Å². The maximum absolute atomic E-state index is 5.86. The first-order valence-electron chi connectivity index (χ1n) is 14.2. The minimum atomic E-state index is 0.948. The fourth-order valence-electron chi connectivity index (χ4n) is 4.56. The first-order chi connectivity index (χ1) is 17.1. The van der Waals surface area contributed by atoms with E-state index in [0.717, 1.165) is 13.2 Å². The average molecular weight is 481 g/mol. The van der Waals surface area contributed by atoms with Gasteiger partial charge in [0, 0.05) is 52.8 Å². The van der Waals surface area contributed by atoms with E-state index in [4.69, 9.17) is 4.74 Å². The molecule has 0 radical (unpaired) electrons. The summed E-state index contributed by atoms with van der Waals surface area (Å²) >= 11 is 0. The van der Waals surface area contributed by atoms with Crippen molar-refractivity contribution in [2.24, 2.45) is 0 Å². The van der Waals surface area contributed by atoms with Gasteiger partial charge in [-0.25, -0.2) is 0 Å². The Balaban J connectivity index is 1.31. The van der Waals surface area contributed by atoms with E-state index in [9.17, 15) is 0 Å². The van der Waals surface area contributed by atoms with Crippen LogP contribution >= 0.6 is 0 Å². The van der Waals surface area contributed by atoms with Crippen LogP contribution < -0.4 is 9.80 Å². The van der Waals surface area contributed by atoms with Gasteiger partial charge in [0.2, 0.25) is 0 Å². The van der Waals surface area contributed by atoms with E-state index in [-0.39, 0.29) is 0 Å². The van der Waals surface area contributed by atoms with E-state index in [0.29, 0.717) is 0 Å². The van der Waals surface area contributed by atoms with E-state index >= 15 is 0 Å². The molecule has 0 aliphatic carbocycles. The minimum absolute atomic E-state index is 0.948. The number of hydrogen-bond acceptors (Lipinski definition) is 3. The highest BCUT2D eigenvalue weighted by Crippen LogP contribution is 2.17. The molecule has 2 aromatic rings. The third-order valence-corrected chi connectivity index (χ3v) is 6.86. The summed E-state index contributed by atoms with van der Waals surface area (Å²) in [5.41, 5.74) is 5.55. The largest absolute Gasteiger partial charge is 0.381 e. The summed E-state index contributed by atoms with van der Waals surface area (Å²) in [5, 5.41) is 0. The Hall–Kier alpha value is -2.00. The van der Waals surface area contributed by atoms with Crippen molar-refractivity contribution >= 4 is 11.4 Å². The molecule has 0 aromatic heterocycles. The monoisotopic (exact) mass is 480 g/mol. The van der Waals surface area contributed by atoms with Crippen molar-refractivity contribution in [2.75, 3.05) is 51.2 Å². The zero-order chi connectivity index (χ0) is 25.1. The van der Waals surface area contributed by atoms with Gasteiger partial charge >= 0.3 is 0 Å². The summed E-state index contributed by atoms with van der Waals surface area (Å²) in [6.07, 6.45) is 18.2. The quantitative estimate of drug-likeness (QED) is 0.177. The lowest BCUT2D eigenvalue weighted by molar-refractivity contribution is 0.125. The lowest BCUT2D eigenvalue weighted by atomic mass is 10.0. The Morgan fingerprint density at radius 1 is 0.486 bits per heavy atom. The first-order valence-corrected chi connectivity index (χ1v) is 14.2. The maximum Gasteiger partial charge on any atom is 0.0466 e. The zero-order valence-corrected chi connectivity index (χ0v) is 23.2. The molecule has 0 unspecified atom stereocenters. The normalized spacial score (nSPS) is 11.1. The van der Waals surface area contributed by atoms with Gasteiger partial charge in [0.05, 0.1) is 0 Å². The van der Waals surface area contributed by atoms with Crippen molar-refractivity contribution in [1.29, 1.82) is 0 Å². The lowest BCUT2D eigenvalue weighted by Gasteiger charge is -2.13. The highest BCUT2D eigenvalue weighted by molar-refractivity contribution is 5.47. The van der Waals surface area contributed by atoms with Crippen LogP contribution in [0.15, 0.2) is 48.5 Å². The fourth-order valence-corrected chi connectivity index (χ4v) is 4.56. The summed E-state index contributed by atoms with van der Waals surface area (Å²) in [6.45, 7) is 1.90. The van der Waals surface area contributed by atoms with Crippen molar-refractivity contribution in [3.63, 3.8) is 0 Å². The van der Waals surface area contributed by atoms with Gasteiger partial charge in [-0.2, -0.15) is 0 Å². The Labute approximate surface area is 216 Å². The predicted octanol–water partition coefficient (Wildman–Crippen LogP) is 8.30. The molecule has 0 spiro atoms. The number of unbranched alkanes of at least 4 members (excludes halogenated alkanes) is 10. The second-order valence-corrected chi connectivity index (χ2v) is 10.5. The van der Waals surface area contributed by atoms with Gasteiger partial charge in [0.25, 0.3) is 0 Å². The molecule has 0 heterocycles. The van der Waals surface area contributed by atoms with Crippen LogP contribution in [-0.4, -0.2) is 41.4 Å². The molecule has 35 heavy (non-hydrogen) atoms. The molecule has 0 bridgehead atoms. The topological polar surface area (TPSA) is 15.7 Å². The minimum Gasteiger partial charge on any atom is -0.381 e. The van der Waals surface area contributed by atoms with E-state index in [2.05, 4.69) is 86.5 Å². The SMILES string of the molecule is CN(C)c1cccc(CCCCCCCCOCCCCCCCCc2cccc(N(C)C)c2)c1. The molecule has 0 aliphatic rings. The smallest absolute Gasteiger partial charge is 0.0466 e. The summed E-state index contributed by atoms with van der Waals surface area (Å²) in [5.74, 6) is 0. The molecule has 2 rings (SSSR count). The summed E-state index contributed by atoms with van der Waals surface area (Å²) in [7, 11) is 8.44. The molecule has 3 nitrogen and oxygen atoms in total. The Bertz CT molecular complexity index is 721. The van der Waals surface area contributed by atoms with Crippen LogP contribution in [0, 0.1) is 0 Å². The second-order valence-electron chi connectivity index (χ2n) is 10.5. The third-order valence-electron chi connectivity index (χ3n) is 6.86. The molecule has 0 aliphatic heterocycles. The van der Waals surface area contributed by atoms with Gasteiger partial charge in [0.15, 0.2) is 0 Å². The number of anilines is 2. The van der Waals surface area contributed by atoms with Gasteiger partial charge in [-0.15, -0.1) is 0 Å². The van der Waals surface area contributed by atoms with Gasteiger partial charge in [-0.3, -0.25) is 0 Å². The Kier molecular flexibility index (Phi) is 15.3. The molecule has 0 amide bonds. The van der Waals surface area contributed by atoms with Gasteiger partial charge < -0.3 is 14.5 Å². The summed E-state index contributed by atoms with van der Waals surface area (Å²) < 4.78 is 5.86. The molecular weight excluding hydrogens is 428 g/mol. The summed E-state index contributed by atoms with van der Waals surface area (Å²) in [4.78, 5) is 4.36. The third kappa shape index (κ3) is 13.6. The standard InChI is InChI=1S/C32H52N2O/c1-33(2)31-23-17-21-29(27-31)19-13-9-5-7-11-15-25-35-26-16-12-8-6-10-14-20-30-22-18-24-32(28-30)34(3)4/h17-18,21-24,27-28H,5-16,19-20,25-26H2,1-4H3. The van der Waals surface area contributed by atoms with Crippen LogP contribution in [0.3, 0.4) is 0 Å². The fraction of sp³-hybridized carbons (Fsp3) is 0.625. The summed E-state index contributed by atoms with van der Waals surface area (Å²) in [6, 6.07) is 17.9. The number of rotatable bonds is 20. The van der Waals surface area contributed by atoms with Crippen LogP contribution in [0.1, 0.15) is 88.2 Å². The average Bonchev–Trinajstić information content (AvgIpc) is 2.86. The van der Waals surface area contributed by atoms with Crippen LogP contribution in [-0.2, 0) is 17.6 Å². The van der Waals surface area contributed by atoms with E-state index < -0.39 is 0 Å². The number of ether oxygens (including phenoxy) is 1. The van der Waals surface area contributed by atoms with Crippen molar-refractivity contribution < 1.29 is 4.74 Å². The van der Waals surface area contributed by atoms with Gasteiger partial charge in [-0.05, 0) is 73.9 Å². The molecule has 0 N–H and O–H groups in total. The molecule has 0 saturated heterocycles. The number of benzene rings is 2. The zero-order valence-electron chi connectivity index (χ0n) is 23.2. The molecule has 196 valence electrons. The van der Waals surface area contributed by atoms with Crippen molar-refractivity contribution in [2.45, 2.75) is 89.9 Å². The van der Waals surface area contributed by atoms with Crippen molar-refractivity contribution in [3.05, 3.63) is 59.7 Å². The van der Waals surface area contributed by atoms with Crippen LogP contribution in [0.4, 0.5) is 11.4 Å². The maximum atomic E-state index is 5.86. The van der Waals surface area contributed by atoms with E-state index in [1.807, 2.05) is 0 Å². The van der Waals surface area contributed by atoms with Gasteiger partial charge in [0.1, 0.15) is 0 Å². The van der Waals surface area contributed by atoms with Crippen LogP contribution in [0.2, 0.25) is 0 Å². The number of hydrogen-bond donors (Lipinski definition) is 0. The molecule has 0 atom stereocenters. The van der Waals surface area contributed by atoms with E-state index in [1.165, 1.54) is 112 Å². The Morgan fingerprint density at radius 2 is 0.857 bits per heavy atom. The highest BCUT2D eigenvalue weighted by atomic mass is 16.5. The van der Waals surface area contributed by atoms with Crippen LogP contribution in [0.5, 0.6) is 0 Å². The molecule has 3 heteroatoms. The molecule has 0 saturated carbocycles. The highest BCUT2D eigenvalue weighted by Gasteiger charge is 2.00. The van der Waals surface area contributed by atoms with Gasteiger partial charge in [-0.1, -0.05) is 75.6 Å². The lowest BCUT2D eigenvalue weighted by Crippen LogP contribution is -2.08. The van der Waals surface area contributed by atoms with Crippen molar-refractivity contribution in [3.8, 4) is 0 Å². The van der Waals surface area contributed by atoms with Crippen molar-refractivity contribution in [1.82, 2.24) is 0 Å². The number of nitrogens with zero attached hydrogens (tertiary/aromatic N) is 2. The van der Waals surface area contributed by atoms with Crippen LogP contribution in [0.25, 0.3) is 0 Å². The first kappa shape index (κ1) is 29.2. The molecular formula is C32H52N2O. The Morgan fingerprint density at radius 3 is 1.26 bits per heavy atom. The second kappa shape index (κ2) is 18.3. The molecule has 0 fully saturated rings.